The van der Waals surface area contributed by atoms with Gasteiger partial charge in [0.25, 0.3) is 0 Å². The molecule has 0 unspecified atom stereocenters. The summed E-state index contributed by atoms with van der Waals surface area (Å²) in [5.74, 6) is -0.502. The van der Waals surface area contributed by atoms with E-state index >= 15 is 0 Å². The number of carbonyl (C=O) groups is 2. The molecule has 1 saturated heterocycles. The van der Waals surface area contributed by atoms with Gasteiger partial charge in [-0.3, -0.25) is 9.59 Å². The van der Waals surface area contributed by atoms with Gasteiger partial charge in [0.05, 0.1) is 16.5 Å². The summed E-state index contributed by atoms with van der Waals surface area (Å²) >= 11 is 4.56. The Kier molecular flexibility index (Phi) is 6.30. The molecule has 0 radical (unpaired) electrons. The van der Waals surface area contributed by atoms with Crippen molar-refractivity contribution in [3.05, 3.63) is 52.1 Å². The van der Waals surface area contributed by atoms with Crippen LogP contribution < -0.4 is 4.90 Å². The van der Waals surface area contributed by atoms with Gasteiger partial charge in [0.15, 0.2) is 0 Å². The van der Waals surface area contributed by atoms with Crippen molar-refractivity contribution in [1.82, 2.24) is 4.98 Å². The van der Waals surface area contributed by atoms with Gasteiger partial charge in [-0.15, -0.1) is 0 Å². The van der Waals surface area contributed by atoms with Crippen molar-refractivity contribution in [2.75, 3.05) is 4.90 Å². The van der Waals surface area contributed by atoms with Crippen LogP contribution in [0.25, 0.3) is 0 Å². The Balaban J connectivity index is 1.82. The molecule has 0 aliphatic carbocycles. The molecule has 1 fully saturated rings. The lowest BCUT2D eigenvalue weighted by Crippen LogP contribution is -2.31. The van der Waals surface area contributed by atoms with E-state index < -0.39 is 5.25 Å². The summed E-state index contributed by atoms with van der Waals surface area (Å²) in [6, 6.07) is 12.8. The highest BCUT2D eigenvalue weighted by Gasteiger charge is 2.40. The third-order valence-corrected chi connectivity index (χ3v) is 5.98. The van der Waals surface area contributed by atoms with Crippen molar-refractivity contribution >= 4 is 45.2 Å². The van der Waals surface area contributed by atoms with Crippen molar-refractivity contribution in [2.24, 2.45) is 0 Å². The van der Waals surface area contributed by atoms with E-state index in [-0.39, 0.29) is 18.2 Å². The Labute approximate surface area is 170 Å². The first kappa shape index (κ1) is 19.6. The van der Waals surface area contributed by atoms with E-state index in [1.165, 1.54) is 16.7 Å². The third kappa shape index (κ3) is 4.40. The molecule has 1 aliphatic rings. The van der Waals surface area contributed by atoms with Gasteiger partial charge in [0.2, 0.25) is 11.8 Å². The summed E-state index contributed by atoms with van der Waals surface area (Å²) in [5, 5.41) is 9.32. The first-order chi connectivity index (χ1) is 13.0. The van der Waals surface area contributed by atoms with E-state index in [1.807, 2.05) is 6.07 Å². The number of unbranched alkanes of at least 4 members (excludes halogenated alkanes) is 1. The zero-order chi connectivity index (χ0) is 19.4. The van der Waals surface area contributed by atoms with Gasteiger partial charge >= 0.3 is 0 Å². The Morgan fingerprint density at radius 2 is 2.00 bits per heavy atom. The number of halogens is 1. The Morgan fingerprint density at radius 1 is 1.26 bits per heavy atom. The van der Waals surface area contributed by atoms with Gasteiger partial charge in [-0.05, 0) is 49.2 Å². The molecule has 2 aromatic rings. The maximum Gasteiger partial charge on any atom is 0.247 e. The number of amides is 2. The molecule has 2 amide bonds. The molecule has 0 N–H and O–H groups in total. The number of aryl methyl sites for hydroxylation is 1. The molecule has 5 nitrogen and oxygen atoms in total. The Morgan fingerprint density at radius 3 is 2.67 bits per heavy atom. The van der Waals surface area contributed by atoms with E-state index in [2.05, 4.69) is 33.9 Å². The number of hydrogen-bond donors (Lipinski definition) is 0. The lowest BCUT2D eigenvalue weighted by Gasteiger charge is -2.15. The normalized spacial score (nSPS) is 16.6. The Bertz CT molecular complexity index is 908. The summed E-state index contributed by atoms with van der Waals surface area (Å²) in [4.78, 5) is 31.0. The van der Waals surface area contributed by atoms with Crippen LogP contribution in [0.15, 0.2) is 45.9 Å². The molecule has 3 rings (SSSR count). The van der Waals surface area contributed by atoms with Crippen molar-refractivity contribution in [2.45, 2.75) is 42.9 Å². The average Bonchev–Trinajstić information content (AvgIpc) is 2.94. The van der Waals surface area contributed by atoms with E-state index in [0.717, 1.165) is 29.4 Å². The van der Waals surface area contributed by atoms with Gasteiger partial charge in [-0.1, -0.05) is 41.0 Å². The highest BCUT2D eigenvalue weighted by molar-refractivity contribution is 9.10. The second-order valence-corrected chi connectivity index (χ2v) is 8.33. The van der Waals surface area contributed by atoms with Gasteiger partial charge < -0.3 is 0 Å². The van der Waals surface area contributed by atoms with Crippen molar-refractivity contribution in [1.29, 1.82) is 5.26 Å². The van der Waals surface area contributed by atoms with Crippen LogP contribution in [-0.4, -0.2) is 22.0 Å². The molecule has 1 atom stereocenters. The largest absolute Gasteiger partial charge is 0.274 e. The zero-order valence-electron chi connectivity index (χ0n) is 14.8. The summed E-state index contributed by atoms with van der Waals surface area (Å²) < 4.78 is 0.878. The predicted octanol–water partition coefficient (Wildman–Crippen LogP) is 4.48. The molecule has 0 bridgehead atoms. The minimum Gasteiger partial charge on any atom is -0.274 e. The van der Waals surface area contributed by atoms with Gasteiger partial charge in [-0.2, -0.15) is 5.26 Å². The molecular formula is C20H18BrN3O2S. The van der Waals surface area contributed by atoms with E-state index in [9.17, 15) is 14.9 Å². The molecule has 0 spiro atoms. The Hall–Kier alpha value is -2.17. The minimum absolute atomic E-state index is 0.102. The van der Waals surface area contributed by atoms with Crippen LogP contribution in [0.3, 0.4) is 0 Å². The number of hydrogen-bond acceptors (Lipinski definition) is 5. The fourth-order valence-electron chi connectivity index (χ4n) is 2.84. The second-order valence-electron chi connectivity index (χ2n) is 6.23. The summed E-state index contributed by atoms with van der Waals surface area (Å²) in [5.41, 5.74) is 1.89. The van der Waals surface area contributed by atoms with Crippen LogP contribution in [0.2, 0.25) is 0 Å². The van der Waals surface area contributed by atoms with Gasteiger partial charge in [-0.25, -0.2) is 9.88 Å². The summed E-state index contributed by atoms with van der Waals surface area (Å²) in [7, 11) is 0. The number of carbonyl (C=O) groups excluding carboxylic acids is 2. The predicted molar refractivity (Wildman–Crippen MR) is 108 cm³/mol. The maximum atomic E-state index is 12.8. The number of anilines is 1. The van der Waals surface area contributed by atoms with Crippen molar-refractivity contribution in [3.8, 4) is 6.07 Å². The van der Waals surface area contributed by atoms with Crippen molar-refractivity contribution in [3.63, 3.8) is 0 Å². The standard InChI is InChI=1S/C20H18BrN3O2S/c1-2-3-4-15-8-5-13(12-22)19(23-15)27-17-11-18(25)24(20(17)26)16-9-6-14(21)7-10-16/h5-10,17H,2-4,11H2,1H3/t17-/m0/s1. The van der Waals surface area contributed by atoms with Crippen LogP contribution >= 0.6 is 27.7 Å². The highest BCUT2D eigenvalue weighted by atomic mass is 79.9. The summed E-state index contributed by atoms with van der Waals surface area (Å²) in [6.45, 7) is 2.11. The molecule has 2 heterocycles. The number of aromatic nitrogens is 1. The number of benzene rings is 1. The molecule has 0 saturated carbocycles. The quantitative estimate of drug-likeness (QED) is 0.615. The third-order valence-electron chi connectivity index (χ3n) is 4.27. The number of pyridine rings is 1. The van der Waals surface area contributed by atoms with Crippen LogP contribution in [-0.2, 0) is 16.0 Å². The number of thioether (sulfide) groups is 1. The van der Waals surface area contributed by atoms with E-state index in [1.54, 1.807) is 30.3 Å². The molecule has 7 heteroatoms. The molecule has 1 aromatic heterocycles. The first-order valence-electron chi connectivity index (χ1n) is 8.72. The lowest BCUT2D eigenvalue weighted by atomic mass is 10.2. The van der Waals surface area contributed by atoms with Gasteiger partial charge in [0, 0.05) is 16.6 Å². The monoisotopic (exact) mass is 443 g/mol. The van der Waals surface area contributed by atoms with E-state index in [0.29, 0.717) is 16.3 Å². The number of nitrogens with zero attached hydrogens (tertiary/aromatic N) is 3. The number of nitriles is 1. The SMILES string of the molecule is CCCCc1ccc(C#N)c(S[C@H]2CC(=O)N(c3ccc(Br)cc3)C2=O)n1. The highest BCUT2D eigenvalue weighted by Crippen LogP contribution is 2.35. The fraction of sp³-hybridized carbons (Fsp3) is 0.300. The molecular weight excluding hydrogens is 426 g/mol. The fourth-order valence-corrected chi connectivity index (χ4v) is 4.22. The first-order valence-corrected chi connectivity index (χ1v) is 10.4. The molecule has 27 heavy (non-hydrogen) atoms. The molecule has 138 valence electrons. The van der Waals surface area contributed by atoms with Crippen LogP contribution in [0, 0.1) is 11.3 Å². The topological polar surface area (TPSA) is 74.1 Å². The second kappa shape index (κ2) is 8.68. The van der Waals surface area contributed by atoms with Crippen LogP contribution in [0.5, 0.6) is 0 Å². The van der Waals surface area contributed by atoms with Crippen LogP contribution in [0.4, 0.5) is 5.69 Å². The zero-order valence-corrected chi connectivity index (χ0v) is 17.2. The molecule has 1 aliphatic heterocycles. The smallest absolute Gasteiger partial charge is 0.247 e. The van der Waals surface area contributed by atoms with E-state index in [4.69, 9.17) is 0 Å². The maximum absolute atomic E-state index is 12.8. The number of imide groups is 1. The number of rotatable bonds is 6. The van der Waals surface area contributed by atoms with Crippen molar-refractivity contribution < 1.29 is 9.59 Å². The summed E-state index contributed by atoms with van der Waals surface area (Å²) in [6.07, 6.45) is 3.01. The van der Waals surface area contributed by atoms with Crippen LogP contribution in [0.1, 0.15) is 37.4 Å². The average molecular weight is 444 g/mol. The lowest BCUT2D eigenvalue weighted by molar-refractivity contribution is -0.121. The molecule has 1 aromatic carbocycles. The van der Waals surface area contributed by atoms with Gasteiger partial charge in [0.1, 0.15) is 11.1 Å². The minimum atomic E-state index is -0.567.